The van der Waals surface area contributed by atoms with E-state index in [0.717, 1.165) is 14.4 Å². The molecule has 0 radical (unpaired) electrons. The van der Waals surface area contributed by atoms with Crippen LogP contribution in [0.2, 0.25) is 0 Å². The van der Waals surface area contributed by atoms with E-state index in [2.05, 4.69) is 21.0 Å². The predicted octanol–water partition coefficient (Wildman–Crippen LogP) is 4.91. The number of anilines is 1. The van der Waals surface area contributed by atoms with Crippen LogP contribution in [0.4, 0.5) is 23.7 Å². The number of hydrogen-bond acceptors (Lipinski definition) is 5. The molecule has 2 heterocycles. The third kappa shape index (κ3) is 3.91. The molecule has 2 amide bonds. The van der Waals surface area contributed by atoms with Gasteiger partial charge in [-0.25, -0.2) is 9.69 Å². The summed E-state index contributed by atoms with van der Waals surface area (Å²) in [6.45, 7) is 1.22. The fourth-order valence-electron chi connectivity index (χ4n) is 3.80. The average molecular weight is 496 g/mol. The van der Waals surface area contributed by atoms with Gasteiger partial charge in [0.15, 0.2) is 0 Å². The Bertz CT molecular complexity index is 1030. The van der Waals surface area contributed by atoms with E-state index in [4.69, 9.17) is 4.74 Å². The van der Waals surface area contributed by atoms with E-state index in [1.165, 1.54) is 6.92 Å². The lowest BCUT2D eigenvalue weighted by Crippen LogP contribution is -2.50. The van der Waals surface area contributed by atoms with Gasteiger partial charge < -0.3 is 4.74 Å². The summed E-state index contributed by atoms with van der Waals surface area (Å²) in [6, 6.07) is 13.0. The van der Waals surface area contributed by atoms with Crippen molar-refractivity contribution in [3.63, 3.8) is 0 Å². The molecule has 2 aromatic carbocycles. The zero-order valence-corrected chi connectivity index (χ0v) is 17.8. The van der Waals surface area contributed by atoms with Gasteiger partial charge in [-0.05, 0) is 29.8 Å². The second-order valence-electron chi connectivity index (χ2n) is 7.25. The van der Waals surface area contributed by atoms with Gasteiger partial charge >= 0.3 is 12.3 Å². The Morgan fingerprint density at radius 1 is 1.13 bits per heavy atom. The SMILES string of the molecule is C[C@@H]1C(C(F)(F)F)=NN(c2ccc(Br)cc2)[C@H]1C(=O)N1C(=O)OCC1c1ccccc1. The lowest BCUT2D eigenvalue weighted by molar-refractivity contribution is -0.131. The normalized spacial score (nSPS) is 23.7. The number of benzene rings is 2. The Balaban J connectivity index is 1.73. The highest BCUT2D eigenvalue weighted by Gasteiger charge is 2.54. The van der Waals surface area contributed by atoms with Crippen molar-refractivity contribution in [2.24, 2.45) is 11.0 Å². The molecule has 1 fully saturated rings. The van der Waals surface area contributed by atoms with Crippen molar-refractivity contribution in [1.29, 1.82) is 0 Å². The summed E-state index contributed by atoms with van der Waals surface area (Å²) in [7, 11) is 0. The highest BCUT2D eigenvalue weighted by molar-refractivity contribution is 9.10. The number of carbonyl (C=O) groups is 2. The van der Waals surface area contributed by atoms with Crippen molar-refractivity contribution >= 4 is 39.3 Å². The minimum atomic E-state index is -4.72. The first-order valence-electron chi connectivity index (χ1n) is 9.43. The van der Waals surface area contributed by atoms with Gasteiger partial charge in [0.25, 0.3) is 5.91 Å². The van der Waals surface area contributed by atoms with Crippen LogP contribution in [0.5, 0.6) is 0 Å². The predicted molar refractivity (Wildman–Crippen MR) is 110 cm³/mol. The Kier molecular flexibility index (Phi) is 5.50. The zero-order chi connectivity index (χ0) is 22.3. The molecule has 0 N–H and O–H groups in total. The molecule has 1 unspecified atom stereocenters. The number of rotatable bonds is 3. The molecule has 0 bridgehead atoms. The minimum absolute atomic E-state index is 0.0685. The maximum atomic E-state index is 13.6. The number of hydrogen-bond donors (Lipinski definition) is 0. The molecule has 0 saturated carbocycles. The molecule has 1 saturated heterocycles. The number of ether oxygens (including phenoxy) is 1. The molecule has 2 aliphatic rings. The Hall–Kier alpha value is -2.88. The van der Waals surface area contributed by atoms with Gasteiger partial charge in [0.2, 0.25) is 0 Å². The molecule has 162 valence electrons. The van der Waals surface area contributed by atoms with Gasteiger partial charge in [-0.3, -0.25) is 9.80 Å². The smallest absolute Gasteiger partial charge is 0.431 e. The summed E-state index contributed by atoms with van der Waals surface area (Å²) in [5, 5.41) is 4.78. The fraction of sp³-hybridized carbons (Fsp3) is 0.286. The van der Waals surface area contributed by atoms with E-state index in [-0.39, 0.29) is 6.61 Å². The van der Waals surface area contributed by atoms with E-state index >= 15 is 0 Å². The van der Waals surface area contributed by atoms with Crippen molar-refractivity contribution in [2.75, 3.05) is 11.6 Å². The van der Waals surface area contributed by atoms with Gasteiger partial charge in [-0.1, -0.05) is 53.2 Å². The number of nitrogens with zero attached hydrogens (tertiary/aromatic N) is 3. The third-order valence-corrected chi connectivity index (χ3v) is 5.84. The van der Waals surface area contributed by atoms with Crippen molar-refractivity contribution in [1.82, 2.24) is 4.90 Å². The van der Waals surface area contributed by atoms with Crippen molar-refractivity contribution in [3.8, 4) is 0 Å². The van der Waals surface area contributed by atoms with Gasteiger partial charge in [0.05, 0.1) is 5.69 Å². The molecule has 0 aliphatic carbocycles. The first-order valence-corrected chi connectivity index (χ1v) is 10.2. The number of alkyl halides is 3. The molecular weight excluding hydrogens is 479 g/mol. The zero-order valence-electron chi connectivity index (χ0n) is 16.2. The summed E-state index contributed by atoms with van der Waals surface area (Å²) in [4.78, 5) is 26.8. The number of amides is 2. The summed E-state index contributed by atoms with van der Waals surface area (Å²) < 4.78 is 46.6. The Morgan fingerprint density at radius 2 is 1.77 bits per heavy atom. The highest BCUT2D eigenvalue weighted by atomic mass is 79.9. The molecule has 0 aromatic heterocycles. The lowest BCUT2D eigenvalue weighted by atomic mass is 9.95. The maximum absolute atomic E-state index is 13.6. The van der Waals surface area contributed by atoms with Gasteiger partial charge in [0.1, 0.15) is 24.4 Å². The van der Waals surface area contributed by atoms with E-state index in [9.17, 15) is 22.8 Å². The van der Waals surface area contributed by atoms with E-state index in [1.807, 2.05) is 0 Å². The second kappa shape index (κ2) is 7.99. The quantitative estimate of drug-likeness (QED) is 0.606. The largest absolute Gasteiger partial charge is 0.446 e. The van der Waals surface area contributed by atoms with Crippen LogP contribution in [0.1, 0.15) is 18.5 Å². The van der Waals surface area contributed by atoms with Crippen molar-refractivity contribution in [2.45, 2.75) is 25.2 Å². The number of imide groups is 1. The molecule has 10 heteroatoms. The molecule has 31 heavy (non-hydrogen) atoms. The summed E-state index contributed by atoms with van der Waals surface area (Å²) >= 11 is 3.28. The van der Waals surface area contributed by atoms with E-state index < -0.39 is 41.9 Å². The first-order chi connectivity index (χ1) is 14.7. The maximum Gasteiger partial charge on any atom is 0.431 e. The van der Waals surface area contributed by atoms with Crippen LogP contribution in [-0.4, -0.2) is 41.4 Å². The van der Waals surface area contributed by atoms with Crippen LogP contribution in [0.15, 0.2) is 64.2 Å². The lowest BCUT2D eigenvalue weighted by Gasteiger charge is -2.30. The summed E-state index contributed by atoms with van der Waals surface area (Å²) in [6.07, 6.45) is -5.60. The number of cyclic esters (lactones) is 1. The monoisotopic (exact) mass is 495 g/mol. The molecular formula is C21H17BrF3N3O3. The molecule has 0 spiro atoms. The van der Waals surface area contributed by atoms with Crippen LogP contribution >= 0.6 is 15.9 Å². The van der Waals surface area contributed by atoms with Gasteiger partial charge in [-0.2, -0.15) is 18.3 Å². The standard InChI is InChI=1S/C21H17BrF3N3O3/c1-12-17(19(29)27-16(11-31-20(27)30)13-5-3-2-4-6-13)28(26-18(12)21(23,24)25)15-9-7-14(22)8-10-15/h2-10,12,16-17H,11H2,1H3/t12-,16?,17+/m0/s1. The Morgan fingerprint density at radius 3 is 2.39 bits per heavy atom. The molecule has 3 atom stereocenters. The van der Waals surface area contributed by atoms with Crippen LogP contribution in [0.3, 0.4) is 0 Å². The van der Waals surface area contributed by atoms with E-state index in [0.29, 0.717) is 11.3 Å². The topological polar surface area (TPSA) is 62.2 Å². The molecule has 2 aromatic rings. The van der Waals surface area contributed by atoms with Gasteiger partial charge in [-0.15, -0.1) is 0 Å². The van der Waals surface area contributed by atoms with Crippen LogP contribution in [0, 0.1) is 5.92 Å². The first kappa shape index (κ1) is 21.4. The van der Waals surface area contributed by atoms with Crippen molar-refractivity contribution < 1.29 is 27.5 Å². The van der Waals surface area contributed by atoms with E-state index in [1.54, 1.807) is 54.6 Å². The van der Waals surface area contributed by atoms with Crippen LogP contribution in [0.25, 0.3) is 0 Å². The molecule has 2 aliphatic heterocycles. The molecule has 4 rings (SSSR count). The minimum Gasteiger partial charge on any atom is -0.446 e. The van der Waals surface area contributed by atoms with Crippen LogP contribution in [-0.2, 0) is 9.53 Å². The molecule has 6 nitrogen and oxygen atoms in total. The van der Waals surface area contributed by atoms with Crippen LogP contribution < -0.4 is 5.01 Å². The second-order valence-corrected chi connectivity index (χ2v) is 8.16. The fourth-order valence-corrected chi connectivity index (χ4v) is 4.07. The third-order valence-electron chi connectivity index (χ3n) is 5.31. The summed E-state index contributed by atoms with van der Waals surface area (Å²) in [5.41, 5.74) is -0.117. The average Bonchev–Trinajstić information content (AvgIpc) is 3.29. The highest BCUT2D eigenvalue weighted by Crippen LogP contribution is 2.38. The number of carbonyl (C=O) groups excluding carboxylic acids is 2. The Labute approximate surface area is 184 Å². The summed E-state index contributed by atoms with van der Waals surface area (Å²) in [5.74, 6) is -2.09. The van der Waals surface area contributed by atoms with Crippen molar-refractivity contribution in [3.05, 3.63) is 64.6 Å². The van der Waals surface area contributed by atoms with Gasteiger partial charge in [0, 0.05) is 10.4 Å². The number of hydrazone groups is 1. The number of halogens is 4.